The van der Waals surface area contributed by atoms with Crippen molar-refractivity contribution in [2.24, 2.45) is 0 Å². The highest BCUT2D eigenvalue weighted by Crippen LogP contribution is 2.33. The Morgan fingerprint density at radius 1 is 1.18 bits per heavy atom. The lowest BCUT2D eigenvalue weighted by molar-refractivity contribution is 0.185. The fraction of sp³-hybridized carbons (Fsp3) is 0.462. The molecule has 1 aliphatic rings. The fourth-order valence-electron chi connectivity index (χ4n) is 2.48. The maximum atomic E-state index is 10.5. The summed E-state index contributed by atoms with van der Waals surface area (Å²) in [5.74, 6) is 0.541. The van der Waals surface area contributed by atoms with Gasteiger partial charge in [0.1, 0.15) is 0 Å². The first kappa shape index (κ1) is 12.2. The Bertz CT molecular complexity index is 383. The van der Waals surface area contributed by atoms with Crippen molar-refractivity contribution in [3.8, 4) is 0 Å². The molecule has 2 rings (SSSR count). The second-order valence-electron chi connectivity index (χ2n) is 4.55. The Labute approximate surface area is 106 Å². The Morgan fingerprint density at radius 3 is 2.29 bits per heavy atom. The van der Waals surface area contributed by atoms with Gasteiger partial charge < -0.3 is 10.4 Å². The molecule has 0 saturated heterocycles. The lowest BCUT2D eigenvalue weighted by Gasteiger charge is -2.28. The van der Waals surface area contributed by atoms with Gasteiger partial charge >= 0.3 is 6.09 Å². The van der Waals surface area contributed by atoms with Gasteiger partial charge in [0.05, 0.1) is 0 Å². The Hall–Kier alpha value is -1.22. The van der Waals surface area contributed by atoms with E-state index in [2.05, 4.69) is 17.4 Å². The molecular weight excluding hydrogens is 238 g/mol. The van der Waals surface area contributed by atoms with Gasteiger partial charge in [-0.1, -0.05) is 23.7 Å². The molecule has 0 aliphatic heterocycles. The molecule has 1 amide bonds. The van der Waals surface area contributed by atoms with Crippen LogP contribution < -0.4 is 5.32 Å². The van der Waals surface area contributed by atoms with Crippen molar-refractivity contribution in [1.29, 1.82) is 0 Å². The van der Waals surface area contributed by atoms with Gasteiger partial charge in [-0.15, -0.1) is 0 Å². The van der Waals surface area contributed by atoms with Crippen LogP contribution in [-0.4, -0.2) is 17.2 Å². The van der Waals surface area contributed by atoms with Crippen molar-refractivity contribution in [3.05, 3.63) is 34.9 Å². The van der Waals surface area contributed by atoms with E-state index in [0.717, 1.165) is 30.7 Å². The molecule has 0 radical (unpaired) electrons. The molecule has 17 heavy (non-hydrogen) atoms. The summed E-state index contributed by atoms with van der Waals surface area (Å²) in [6, 6.07) is 8.09. The van der Waals surface area contributed by atoms with Gasteiger partial charge in [0.15, 0.2) is 0 Å². The average molecular weight is 254 g/mol. The molecule has 2 N–H and O–H groups in total. The molecule has 0 aromatic heterocycles. The number of carboxylic acid groups (broad SMARTS) is 1. The third-order valence-corrected chi connectivity index (χ3v) is 3.65. The minimum Gasteiger partial charge on any atom is -0.465 e. The van der Waals surface area contributed by atoms with E-state index in [-0.39, 0.29) is 6.04 Å². The summed E-state index contributed by atoms with van der Waals surface area (Å²) >= 11 is 5.86. The van der Waals surface area contributed by atoms with Crippen LogP contribution in [0.5, 0.6) is 0 Å². The number of halogens is 1. The van der Waals surface area contributed by atoms with E-state index >= 15 is 0 Å². The third-order valence-electron chi connectivity index (χ3n) is 3.40. The van der Waals surface area contributed by atoms with Crippen LogP contribution in [-0.2, 0) is 0 Å². The van der Waals surface area contributed by atoms with E-state index in [4.69, 9.17) is 16.7 Å². The van der Waals surface area contributed by atoms with Crippen LogP contribution in [0, 0.1) is 0 Å². The first-order chi connectivity index (χ1) is 8.15. The predicted octanol–water partition coefficient (Wildman–Crippen LogP) is 3.63. The molecule has 0 heterocycles. The molecule has 0 bridgehead atoms. The number of rotatable bonds is 2. The zero-order chi connectivity index (χ0) is 12.3. The van der Waals surface area contributed by atoms with E-state index in [1.165, 1.54) is 5.56 Å². The summed E-state index contributed by atoms with van der Waals surface area (Å²) in [6.45, 7) is 0. The summed E-state index contributed by atoms with van der Waals surface area (Å²) in [5, 5.41) is 12.0. The number of amides is 1. The molecule has 3 nitrogen and oxygen atoms in total. The molecule has 92 valence electrons. The molecular formula is C13H16ClNO2. The number of benzene rings is 1. The maximum absolute atomic E-state index is 10.5. The lowest BCUT2D eigenvalue weighted by atomic mass is 9.82. The van der Waals surface area contributed by atoms with Crippen molar-refractivity contribution < 1.29 is 9.90 Å². The van der Waals surface area contributed by atoms with Crippen molar-refractivity contribution >= 4 is 17.7 Å². The minimum absolute atomic E-state index is 0.121. The second kappa shape index (κ2) is 5.41. The highest BCUT2D eigenvalue weighted by molar-refractivity contribution is 6.30. The Kier molecular flexibility index (Phi) is 3.89. The predicted molar refractivity (Wildman–Crippen MR) is 67.6 cm³/mol. The van der Waals surface area contributed by atoms with Crippen LogP contribution in [0.15, 0.2) is 24.3 Å². The van der Waals surface area contributed by atoms with Gasteiger partial charge in [-0.05, 0) is 49.3 Å². The van der Waals surface area contributed by atoms with Crippen molar-refractivity contribution in [3.63, 3.8) is 0 Å². The van der Waals surface area contributed by atoms with E-state index in [1.807, 2.05) is 12.1 Å². The van der Waals surface area contributed by atoms with E-state index in [1.54, 1.807) is 0 Å². The number of nitrogens with one attached hydrogen (secondary N) is 1. The first-order valence-electron chi connectivity index (χ1n) is 5.90. The molecule has 1 aliphatic carbocycles. The van der Waals surface area contributed by atoms with E-state index in [9.17, 15) is 4.79 Å². The second-order valence-corrected chi connectivity index (χ2v) is 4.99. The molecule has 1 fully saturated rings. The maximum Gasteiger partial charge on any atom is 0.404 e. The van der Waals surface area contributed by atoms with Gasteiger partial charge in [-0.3, -0.25) is 0 Å². The molecule has 1 aromatic rings. The first-order valence-corrected chi connectivity index (χ1v) is 6.28. The van der Waals surface area contributed by atoms with Crippen molar-refractivity contribution in [2.75, 3.05) is 0 Å². The summed E-state index contributed by atoms with van der Waals surface area (Å²) in [5.41, 5.74) is 1.31. The summed E-state index contributed by atoms with van der Waals surface area (Å²) < 4.78 is 0. The highest BCUT2D eigenvalue weighted by Gasteiger charge is 2.23. The Balaban J connectivity index is 1.90. The highest BCUT2D eigenvalue weighted by atomic mass is 35.5. The number of hydrogen-bond donors (Lipinski definition) is 2. The average Bonchev–Trinajstić information content (AvgIpc) is 2.30. The fourth-order valence-corrected chi connectivity index (χ4v) is 2.61. The smallest absolute Gasteiger partial charge is 0.404 e. The molecule has 1 saturated carbocycles. The minimum atomic E-state index is -0.917. The van der Waals surface area contributed by atoms with Gasteiger partial charge in [0, 0.05) is 11.1 Å². The summed E-state index contributed by atoms with van der Waals surface area (Å²) in [6.07, 6.45) is 2.98. The molecule has 0 atom stereocenters. The summed E-state index contributed by atoms with van der Waals surface area (Å²) in [4.78, 5) is 10.5. The largest absolute Gasteiger partial charge is 0.465 e. The summed E-state index contributed by atoms with van der Waals surface area (Å²) in [7, 11) is 0. The van der Waals surface area contributed by atoms with E-state index < -0.39 is 6.09 Å². The van der Waals surface area contributed by atoms with Gasteiger partial charge in [-0.2, -0.15) is 0 Å². The van der Waals surface area contributed by atoms with Crippen LogP contribution in [0.1, 0.15) is 37.2 Å². The quantitative estimate of drug-likeness (QED) is 0.846. The van der Waals surface area contributed by atoms with Crippen LogP contribution in [0.2, 0.25) is 5.02 Å². The molecule has 4 heteroatoms. The van der Waals surface area contributed by atoms with Crippen LogP contribution in [0.3, 0.4) is 0 Å². The Morgan fingerprint density at radius 2 is 1.76 bits per heavy atom. The van der Waals surface area contributed by atoms with Crippen molar-refractivity contribution in [2.45, 2.75) is 37.6 Å². The zero-order valence-electron chi connectivity index (χ0n) is 9.53. The van der Waals surface area contributed by atoms with Gasteiger partial charge in [0.2, 0.25) is 0 Å². The van der Waals surface area contributed by atoms with Crippen molar-refractivity contribution in [1.82, 2.24) is 5.32 Å². The number of carbonyl (C=O) groups is 1. The van der Waals surface area contributed by atoms with Gasteiger partial charge in [-0.25, -0.2) is 4.79 Å². The SMILES string of the molecule is O=C(O)NC1CCC(c2ccc(Cl)cc2)CC1. The zero-order valence-corrected chi connectivity index (χ0v) is 10.3. The topological polar surface area (TPSA) is 49.3 Å². The van der Waals surface area contributed by atoms with Crippen LogP contribution in [0.4, 0.5) is 4.79 Å². The van der Waals surface area contributed by atoms with Crippen LogP contribution in [0.25, 0.3) is 0 Å². The number of hydrogen-bond acceptors (Lipinski definition) is 1. The molecule has 1 aromatic carbocycles. The van der Waals surface area contributed by atoms with Crippen LogP contribution >= 0.6 is 11.6 Å². The third kappa shape index (κ3) is 3.37. The van der Waals surface area contributed by atoms with Gasteiger partial charge in [0.25, 0.3) is 0 Å². The monoisotopic (exact) mass is 253 g/mol. The van der Waals surface area contributed by atoms with E-state index in [0.29, 0.717) is 5.92 Å². The normalized spacial score (nSPS) is 24.3. The standard InChI is InChI=1S/C13H16ClNO2/c14-11-5-1-9(2-6-11)10-3-7-12(8-4-10)15-13(16)17/h1-2,5-6,10,12,15H,3-4,7-8H2,(H,16,17). The lowest BCUT2D eigenvalue weighted by Crippen LogP contribution is -2.36. The molecule has 0 spiro atoms. The molecule has 0 unspecified atom stereocenters.